The molecule has 2 N–H and O–H groups in total. The summed E-state index contributed by atoms with van der Waals surface area (Å²) >= 11 is 1.72. The smallest absolute Gasteiger partial charge is 0.256 e. The quantitative estimate of drug-likeness (QED) is 0.336. The van der Waals surface area contributed by atoms with Gasteiger partial charge in [0.2, 0.25) is 5.91 Å². The van der Waals surface area contributed by atoms with Crippen LogP contribution in [0.5, 0.6) is 0 Å². The van der Waals surface area contributed by atoms with Crippen molar-refractivity contribution in [1.29, 1.82) is 0 Å². The number of pyridine rings is 1. The van der Waals surface area contributed by atoms with Crippen LogP contribution in [0.2, 0.25) is 0 Å². The third-order valence-electron chi connectivity index (χ3n) is 6.32. The molecule has 7 nitrogen and oxygen atoms in total. The summed E-state index contributed by atoms with van der Waals surface area (Å²) in [4.78, 5) is 33.1. The largest absolute Gasteiger partial charge is 0.326 e. The van der Waals surface area contributed by atoms with E-state index < -0.39 is 0 Å². The third-order valence-corrected chi connectivity index (χ3v) is 7.28. The van der Waals surface area contributed by atoms with E-state index in [9.17, 15) is 9.59 Å². The van der Waals surface area contributed by atoms with E-state index in [2.05, 4.69) is 35.6 Å². The Labute approximate surface area is 208 Å². The highest BCUT2D eigenvalue weighted by atomic mass is 32.1. The van der Waals surface area contributed by atoms with Crippen molar-refractivity contribution in [1.82, 2.24) is 14.8 Å². The normalized spacial score (nSPS) is 13.4. The zero-order valence-corrected chi connectivity index (χ0v) is 21.4. The average molecular weight is 488 g/mol. The van der Waals surface area contributed by atoms with E-state index in [1.165, 1.54) is 4.88 Å². The fourth-order valence-electron chi connectivity index (χ4n) is 4.22. The lowest BCUT2D eigenvalue weighted by molar-refractivity contribution is -0.117. The van der Waals surface area contributed by atoms with E-state index in [0.717, 1.165) is 34.5 Å². The summed E-state index contributed by atoms with van der Waals surface area (Å²) in [6.07, 6.45) is 3.59. The summed E-state index contributed by atoms with van der Waals surface area (Å²) in [5.74, 6) is -0.0889. The first-order valence-corrected chi connectivity index (χ1v) is 12.7. The molecule has 0 saturated heterocycles. The second-order valence-electron chi connectivity index (χ2n) is 9.55. The van der Waals surface area contributed by atoms with E-state index >= 15 is 0 Å². The second-order valence-corrected chi connectivity index (χ2v) is 11.0. The number of benzene rings is 1. The Morgan fingerprint density at radius 1 is 1.09 bits per heavy atom. The van der Waals surface area contributed by atoms with Gasteiger partial charge in [0.1, 0.15) is 0 Å². The molecular formula is C27H29N5O2S. The van der Waals surface area contributed by atoms with E-state index in [1.54, 1.807) is 17.5 Å². The Morgan fingerprint density at radius 3 is 2.51 bits per heavy atom. The predicted molar refractivity (Wildman–Crippen MR) is 141 cm³/mol. The highest BCUT2D eigenvalue weighted by molar-refractivity contribution is 7.12. The molecule has 3 aromatic heterocycles. The molecule has 2 amide bonds. The van der Waals surface area contributed by atoms with Gasteiger partial charge in [0.15, 0.2) is 5.65 Å². The zero-order valence-electron chi connectivity index (χ0n) is 20.6. The highest BCUT2D eigenvalue weighted by Crippen LogP contribution is 2.34. The van der Waals surface area contributed by atoms with Crippen LogP contribution in [0.25, 0.3) is 22.3 Å². The maximum absolute atomic E-state index is 13.6. The number of hydrogen-bond acceptors (Lipinski definition) is 5. The number of nitrogens with zero attached hydrogens (tertiary/aromatic N) is 3. The Morgan fingerprint density at radius 2 is 1.86 bits per heavy atom. The molecule has 1 aliphatic rings. The number of carbonyl (C=O) groups excluding carboxylic acids is 2. The Hall–Kier alpha value is -3.52. The van der Waals surface area contributed by atoms with E-state index in [4.69, 9.17) is 4.98 Å². The van der Waals surface area contributed by atoms with Crippen LogP contribution in [0, 0.1) is 26.7 Å². The second kappa shape index (κ2) is 8.92. The van der Waals surface area contributed by atoms with Crippen LogP contribution < -0.4 is 10.6 Å². The summed E-state index contributed by atoms with van der Waals surface area (Å²) in [5, 5.41) is 11.3. The van der Waals surface area contributed by atoms with Crippen LogP contribution in [-0.2, 0) is 4.79 Å². The van der Waals surface area contributed by atoms with Gasteiger partial charge in [-0.1, -0.05) is 6.07 Å². The molecule has 0 spiro atoms. The maximum atomic E-state index is 13.6. The molecule has 0 radical (unpaired) electrons. The molecule has 1 saturated carbocycles. The predicted octanol–water partition coefficient (Wildman–Crippen LogP) is 6.27. The van der Waals surface area contributed by atoms with Crippen LogP contribution in [0.1, 0.15) is 58.4 Å². The number of carbonyl (C=O) groups is 2. The van der Waals surface area contributed by atoms with Crippen molar-refractivity contribution in [3.05, 3.63) is 57.4 Å². The monoisotopic (exact) mass is 487 g/mol. The molecule has 1 aliphatic carbocycles. The first-order chi connectivity index (χ1) is 16.7. The number of amides is 2. The van der Waals surface area contributed by atoms with Crippen LogP contribution in [0.4, 0.5) is 11.4 Å². The van der Waals surface area contributed by atoms with Crippen LogP contribution in [0.3, 0.4) is 0 Å². The van der Waals surface area contributed by atoms with Gasteiger partial charge in [0.25, 0.3) is 5.91 Å². The van der Waals surface area contributed by atoms with Gasteiger partial charge in [-0.3, -0.25) is 9.59 Å². The molecule has 3 heterocycles. The number of hydrogen-bond donors (Lipinski definition) is 2. The van der Waals surface area contributed by atoms with Crippen molar-refractivity contribution in [3.63, 3.8) is 0 Å². The maximum Gasteiger partial charge on any atom is 0.256 e. The van der Waals surface area contributed by atoms with Crippen molar-refractivity contribution < 1.29 is 9.59 Å². The molecule has 8 heteroatoms. The Kier molecular flexibility index (Phi) is 5.92. The minimum Gasteiger partial charge on any atom is -0.326 e. The van der Waals surface area contributed by atoms with Gasteiger partial charge in [-0.05, 0) is 77.3 Å². The van der Waals surface area contributed by atoms with Gasteiger partial charge in [-0.25, -0.2) is 9.67 Å². The van der Waals surface area contributed by atoms with E-state index in [1.807, 2.05) is 49.7 Å². The third kappa shape index (κ3) is 4.58. The van der Waals surface area contributed by atoms with Crippen molar-refractivity contribution in [3.8, 4) is 11.3 Å². The topological polar surface area (TPSA) is 88.9 Å². The fraction of sp³-hybridized carbons (Fsp3) is 0.333. The van der Waals surface area contributed by atoms with Gasteiger partial charge < -0.3 is 10.6 Å². The first-order valence-electron chi connectivity index (χ1n) is 11.9. The first kappa shape index (κ1) is 23.2. The lowest BCUT2D eigenvalue weighted by Crippen LogP contribution is -2.16. The molecular weight excluding hydrogens is 458 g/mol. The van der Waals surface area contributed by atoms with Gasteiger partial charge >= 0.3 is 0 Å². The zero-order chi connectivity index (χ0) is 24.9. The average Bonchev–Trinajstić information content (AvgIpc) is 3.48. The lowest BCUT2D eigenvalue weighted by atomic mass is 10.1. The van der Waals surface area contributed by atoms with Gasteiger partial charge in [0.05, 0.1) is 22.8 Å². The standard InChI is InChI=1S/C27H29N5O2S/c1-14(2)32-25-22(13-28-32)21(12-24(30-25)20-10-16(4)35-17(20)5)27(34)31-23-11-19(9-6-15(23)3)29-26(33)18-7-8-18/h6,9-14,18H,7-8H2,1-5H3,(H,29,33)(H,31,34). The molecule has 0 unspecified atom stereocenters. The number of rotatable bonds is 6. The fourth-order valence-corrected chi connectivity index (χ4v) is 5.15. The molecule has 0 aliphatic heterocycles. The summed E-state index contributed by atoms with van der Waals surface area (Å²) in [7, 11) is 0. The number of aromatic nitrogens is 3. The van der Waals surface area contributed by atoms with E-state index in [-0.39, 0.29) is 23.8 Å². The molecule has 1 fully saturated rings. The number of aryl methyl sites for hydroxylation is 3. The highest BCUT2D eigenvalue weighted by Gasteiger charge is 2.29. The minimum absolute atomic E-state index is 0.0362. The lowest BCUT2D eigenvalue weighted by Gasteiger charge is -2.13. The minimum atomic E-state index is -0.236. The molecule has 0 atom stereocenters. The van der Waals surface area contributed by atoms with E-state index in [0.29, 0.717) is 28.0 Å². The number of nitrogens with one attached hydrogen (secondary N) is 2. The summed E-state index contributed by atoms with van der Waals surface area (Å²) in [6.45, 7) is 10.2. The molecule has 1 aromatic carbocycles. The van der Waals surface area contributed by atoms with Crippen LogP contribution in [-0.4, -0.2) is 26.6 Å². The summed E-state index contributed by atoms with van der Waals surface area (Å²) in [6, 6.07) is 9.65. The van der Waals surface area contributed by atoms with Crippen molar-refractivity contribution in [2.24, 2.45) is 5.92 Å². The molecule has 4 aromatic rings. The number of anilines is 2. The number of thiophene rings is 1. The van der Waals surface area contributed by atoms with Gasteiger partial charge in [-0.15, -0.1) is 11.3 Å². The Bertz CT molecular complexity index is 1460. The van der Waals surface area contributed by atoms with Crippen LogP contribution in [0.15, 0.2) is 36.5 Å². The SMILES string of the molecule is Cc1cc(-c2cc(C(=O)Nc3cc(NC(=O)C4CC4)ccc3C)c3cnn(C(C)C)c3n2)c(C)s1. The van der Waals surface area contributed by atoms with Gasteiger partial charge in [-0.2, -0.15) is 5.10 Å². The summed E-state index contributed by atoms with van der Waals surface area (Å²) < 4.78 is 1.85. The number of fused-ring (bicyclic) bond motifs is 1. The van der Waals surface area contributed by atoms with Crippen molar-refractivity contribution in [2.45, 2.75) is 53.5 Å². The Balaban J connectivity index is 1.54. The van der Waals surface area contributed by atoms with Gasteiger partial charge in [0, 0.05) is 38.7 Å². The molecule has 5 rings (SSSR count). The molecule has 0 bridgehead atoms. The molecule has 180 valence electrons. The van der Waals surface area contributed by atoms with Crippen molar-refractivity contribution in [2.75, 3.05) is 10.6 Å². The summed E-state index contributed by atoms with van der Waals surface area (Å²) in [5.41, 5.74) is 5.25. The van der Waals surface area contributed by atoms with Crippen molar-refractivity contribution >= 4 is 45.6 Å². The molecule has 35 heavy (non-hydrogen) atoms. The van der Waals surface area contributed by atoms with Crippen LogP contribution >= 0.6 is 11.3 Å².